The molecule has 0 N–H and O–H groups in total. The smallest absolute Gasteiger partial charge is 0.137 e. The molecule has 0 aliphatic carbocycles. The van der Waals surface area contributed by atoms with Crippen LogP contribution < -0.4 is 9.80 Å². The molecule has 0 saturated carbocycles. The Morgan fingerprint density at radius 1 is 0.818 bits per heavy atom. The van der Waals surface area contributed by atoms with Gasteiger partial charge in [0.25, 0.3) is 0 Å². The summed E-state index contributed by atoms with van der Waals surface area (Å²) in [4.78, 5) is 9.15. The third-order valence-corrected chi connectivity index (χ3v) is 4.37. The second-order valence-electron chi connectivity index (χ2n) is 5.63. The van der Waals surface area contributed by atoms with E-state index in [0.717, 1.165) is 22.7 Å². The predicted molar refractivity (Wildman–Crippen MR) is 91.9 cm³/mol. The lowest BCUT2D eigenvalue weighted by Gasteiger charge is -2.18. The summed E-state index contributed by atoms with van der Waals surface area (Å²) in [7, 11) is 6.25. The Kier molecular flexibility index (Phi) is 2.73. The maximum absolute atomic E-state index is 4.74. The zero-order valence-corrected chi connectivity index (χ0v) is 13.0. The molecule has 4 heteroatoms. The number of para-hydroxylation sites is 4. The Hall–Kier alpha value is -2.75. The van der Waals surface area contributed by atoms with Crippen LogP contribution in [0.2, 0.25) is 0 Å². The predicted octanol–water partition coefficient (Wildman–Crippen LogP) is 3.46. The lowest BCUT2D eigenvalue weighted by atomic mass is 10.3. The molecule has 4 nitrogen and oxygen atoms in total. The first-order chi connectivity index (χ1) is 10.7. The molecule has 110 valence electrons. The normalized spacial score (nSPS) is 13.9. The van der Waals surface area contributed by atoms with Crippen LogP contribution in [0.5, 0.6) is 0 Å². The molecule has 0 bridgehead atoms. The number of anilines is 2. The third-order valence-electron chi connectivity index (χ3n) is 4.37. The largest absolute Gasteiger partial charge is 0.329 e. The summed E-state index contributed by atoms with van der Waals surface area (Å²) in [5.41, 5.74) is 4.61. The van der Waals surface area contributed by atoms with Crippen LogP contribution in [0, 0.1) is 0 Å². The van der Waals surface area contributed by atoms with Gasteiger partial charge in [0, 0.05) is 27.2 Å². The number of aryl methyl sites for hydroxylation is 1. The Morgan fingerprint density at radius 3 is 2.05 bits per heavy atom. The van der Waals surface area contributed by atoms with E-state index in [1.54, 1.807) is 0 Å². The van der Waals surface area contributed by atoms with Crippen molar-refractivity contribution in [2.45, 2.75) is 0 Å². The lowest BCUT2D eigenvalue weighted by Crippen LogP contribution is -2.21. The van der Waals surface area contributed by atoms with Crippen LogP contribution in [0.25, 0.3) is 17.1 Å². The number of imidazole rings is 1. The SMILES string of the molecule is CN1C(=Cc2nc3ccccc3n2C)N(C)c2ccccc21. The molecule has 0 fully saturated rings. The fraction of sp³-hybridized carbons (Fsp3) is 0.167. The molecule has 1 aliphatic heterocycles. The summed E-state index contributed by atoms with van der Waals surface area (Å²) >= 11 is 0. The van der Waals surface area contributed by atoms with E-state index in [9.17, 15) is 0 Å². The van der Waals surface area contributed by atoms with E-state index in [2.05, 4.69) is 71.9 Å². The Bertz CT molecular complexity index is 860. The van der Waals surface area contributed by atoms with Crippen LogP contribution in [-0.2, 0) is 7.05 Å². The number of benzene rings is 2. The van der Waals surface area contributed by atoms with Crippen molar-refractivity contribution in [2.75, 3.05) is 23.9 Å². The van der Waals surface area contributed by atoms with Gasteiger partial charge in [-0.05, 0) is 24.3 Å². The number of aromatic nitrogens is 2. The molecule has 0 spiro atoms. The minimum Gasteiger partial charge on any atom is -0.329 e. The van der Waals surface area contributed by atoms with E-state index in [0.29, 0.717) is 0 Å². The van der Waals surface area contributed by atoms with Crippen molar-refractivity contribution in [1.82, 2.24) is 9.55 Å². The first kappa shape index (κ1) is 13.0. The molecule has 2 aromatic carbocycles. The van der Waals surface area contributed by atoms with Gasteiger partial charge in [-0.25, -0.2) is 4.98 Å². The standard InChI is InChI=1S/C18H18N4/c1-20-14-9-5-4-8-13(14)19-17(20)12-18-21(2)15-10-6-7-11-16(15)22(18)3/h4-12H,1-3H3. The second-order valence-corrected chi connectivity index (χ2v) is 5.63. The number of hydrogen-bond donors (Lipinski definition) is 0. The molecular weight excluding hydrogens is 272 g/mol. The summed E-state index contributed by atoms with van der Waals surface area (Å²) in [6, 6.07) is 16.6. The van der Waals surface area contributed by atoms with Gasteiger partial charge in [-0.2, -0.15) is 0 Å². The van der Waals surface area contributed by atoms with E-state index >= 15 is 0 Å². The van der Waals surface area contributed by atoms with Crippen molar-refractivity contribution >= 4 is 28.5 Å². The summed E-state index contributed by atoms with van der Waals surface area (Å²) < 4.78 is 2.13. The molecule has 2 heterocycles. The van der Waals surface area contributed by atoms with Gasteiger partial charge >= 0.3 is 0 Å². The molecule has 0 amide bonds. The van der Waals surface area contributed by atoms with Crippen molar-refractivity contribution in [3.63, 3.8) is 0 Å². The number of fused-ring (bicyclic) bond motifs is 2. The molecule has 3 aromatic rings. The Balaban J connectivity index is 1.84. The molecule has 22 heavy (non-hydrogen) atoms. The quantitative estimate of drug-likeness (QED) is 0.686. The van der Waals surface area contributed by atoms with Crippen LogP contribution >= 0.6 is 0 Å². The van der Waals surface area contributed by atoms with Crippen LogP contribution in [0.1, 0.15) is 5.82 Å². The highest BCUT2D eigenvalue weighted by Crippen LogP contribution is 2.39. The molecular formula is C18H18N4. The summed E-state index contributed by atoms with van der Waals surface area (Å²) in [6.45, 7) is 0. The highest BCUT2D eigenvalue weighted by molar-refractivity contribution is 5.85. The second kappa shape index (κ2) is 4.63. The van der Waals surface area contributed by atoms with Gasteiger partial charge in [-0.1, -0.05) is 24.3 Å². The Labute approximate surface area is 129 Å². The fourth-order valence-electron chi connectivity index (χ4n) is 3.11. The van der Waals surface area contributed by atoms with E-state index in [1.807, 2.05) is 18.2 Å². The third kappa shape index (κ3) is 1.73. The maximum atomic E-state index is 4.74. The maximum Gasteiger partial charge on any atom is 0.137 e. The molecule has 0 radical (unpaired) electrons. The fourth-order valence-corrected chi connectivity index (χ4v) is 3.11. The minimum atomic E-state index is 0.961. The highest BCUT2D eigenvalue weighted by atomic mass is 15.4. The van der Waals surface area contributed by atoms with Crippen LogP contribution in [-0.4, -0.2) is 23.6 Å². The van der Waals surface area contributed by atoms with Crippen molar-refractivity contribution in [1.29, 1.82) is 0 Å². The van der Waals surface area contributed by atoms with Gasteiger partial charge < -0.3 is 14.4 Å². The van der Waals surface area contributed by atoms with Gasteiger partial charge in [0.15, 0.2) is 0 Å². The van der Waals surface area contributed by atoms with Crippen molar-refractivity contribution in [3.05, 3.63) is 60.2 Å². The van der Waals surface area contributed by atoms with Crippen LogP contribution in [0.3, 0.4) is 0 Å². The highest BCUT2D eigenvalue weighted by Gasteiger charge is 2.25. The molecule has 0 unspecified atom stereocenters. The molecule has 1 aliphatic rings. The minimum absolute atomic E-state index is 0.961. The van der Waals surface area contributed by atoms with Gasteiger partial charge in [0.1, 0.15) is 11.6 Å². The van der Waals surface area contributed by atoms with Crippen LogP contribution in [0.15, 0.2) is 54.4 Å². The first-order valence-electron chi connectivity index (χ1n) is 7.36. The lowest BCUT2D eigenvalue weighted by molar-refractivity contribution is 0.923. The van der Waals surface area contributed by atoms with E-state index in [4.69, 9.17) is 4.98 Å². The van der Waals surface area contributed by atoms with E-state index in [-0.39, 0.29) is 0 Å². The average Bonchev–Trinajstić information content (AvgIpc) is 2.99. The van der Waals surface area contributed by atoms with Crippen molar-refractivity contribution < 1.29 is 0 Å². The van der Waals surface area contributed by atoms with Gasteiger partial charge in [-0.15, -0.1) is 0 Å². The molecule has 0 saturated heterocycles. The summed E-state index contributed by atoms with van der Waals surface area (Å²) in [5, 5.41) is 0. The van der Waals surface area contributed by atoms with E-state index < -0.39 is 0 Å². The monoisotopic (exact) mass is 290 g/mol. The summed E-state index contributed by atoms with van der Waals surface area (Å²) in [5.74, 6) is 2.09. The average molecular weight is 290 g/mol. The van der Waals surface area contributed by atoms with E-state index in [1.165, 1.54) is 11.4 Å². The van der Waals surface area contributed by atoms with Gasteiger partial charge in [0.2, 0.25) is 0 Å². The van der Waals surface area contributed by atoms with Gasteiger partial charge in [-0.3, -0.25) is 0 Å². The first-order valence-corrected chi connectivity index (χ1v) is 7.36. The van der Waals surface area contributed by atoms with Gasteiger partial charge in [0.05, 0.1) is 22.4 Å². The molecule has 4 rings (SSSR count). The summed E-state index contributed by atoms with van der Waals surface area (Å²) in [6.07, 6.45) is 2.14. The topological polar surface area (TPSA) is 24.3 Å². The van der Waals surface area contributed by atoms with Crippen LogP contribution in [0.4, 0.5) is 11.4 Å². The molecule has 0 atom stereocenters. The number of hydrogen-bond acceptors (Lipinski definition) is 3. The molecule has 1 aromatic heterocycles. The van der Waals surface area contributed by atoms with Crippen molar-refractivity contribution in [2.24, 2.45) is 7.05 Å². The van der Waals surface area contributed by atoms with Crippen molar-refractivity contribution in [3.8, 4) is 0 Å². The zero-order valence-electron chi connectivity index (χ0n) is 13.0. The number of nitrogens with zero attached hydrogens (tertiary/aromatic N) is 4. The Morgan fingerprint density at radius 2 is 1.41 bits per heavy atom. The number of rotatable bonds is 1. The zero-order chi connectivity index (χ0) is 15.3.